The fourth-order valence-electron chi connectivity index (χ4n) is 1.03. The van der Waals surface area contributed by atoms with E-state index in [9.17, 15) is 0 Å². The third kappa shape index (κ3) is 3.73. The quantitative estimate of drug-likeness (QED) is 0.676. The first-order chi connectivity index (χ1) is 6.33. The summed E-state index contributed by atoms with van der Waals surface area (Å²) < 4.78 is 0. The lowest BCUT2D eigenvalue weighted by Gasteiger charge is -2.03. The number of hydrogen-bond donors (Lipinski definition) is 2. The molecule has 0 aromatic carbocycles. The Morgan fingerprint density at radius 2 is 2.15 bits per heavy atom. The molecule has 4 heteroatoms. The average molecular weight is 180 g/mol. The van der Waals surface area contributed by atoms with Crippen molar-refractivity contribution >= 4 is 11.6 Å². The summed E-state index contributed by atoms with van der Waals surface area (Å²) in [5.74, 6) is 1.25. The summed E-state index contributed by atoms with van der Waals surface area (Å²) >= 11 is 0. The highest BCUT2D eigenvalue weighted by Gasteiger charge is 1.92. The van der Waals surface area contributed by atoms with E-state index in [1.165, 1.54) is 19.3 Å². The molecule has 4 nitrogen and oxygen atoms in total. The number of anilines is 2. The van der Waals surface area contributed by atoms with Gasteiger partial charge in [0, 0.05) is 6.54 Å². The first kappa shape index (κ1) is 9.77. The topological polar surface area (TPSA) is 63.8 Å². The molecule has 72 valence electrons. The van der Waals surface area contributed by atoms with Gasteiger partial charge in [0.1, 0.15) is 11.6 Å². The number of nitrogens with two attached hydrogens (primary N) is 1. The molecule has 3 N–H and O–H groups in total. The van der Waals surface area contributed by atoms with Gasteiger partial charge in [0.15, 0.2) is 0 Å². The lowest BCUT2D eigenvalue weighted by Crippen LogP contribution is -2.04. The van der Waals surface area contributed by atoms with Crippen molar-refractivity contribution < 1.29 is 0 Å². The first-order valence-corrected chi connectivity index (χ1v) is 4.66. The van der Waals surface area contributed by atoms with E-state index < -0.39 is 0 Å². The lowest BCUT2D eigenvalue weighted by atomic mass is 10.2. The molecular formula is C9H16N4. The second kappa shape index (κ2) is 5.35. The summed E-state index contributed by atoms with van der Waals surface area (Å²) in [5, 5.41) is 10.8. The van der Waals surface area contributed by atoms with E-state index in [0.717, 1.165) is 12.4 Å². The number of aromatic nitrogens is 2. The van der Waals surface area contributed by atoms with Gasteiger partial charge in [-0.3, -0.25) is 0 Å². The van der Waals surface area contributed by atoms with E-state index in [-0.39, 0.29) is 0 Å². The van der Waals surface area contributed by atoms with E-state index in [4.69, 9.17) is 5.73 Å². The van der Waals surface area contributed by atoms with Crippen LogP contribution >= 0.6 is 0 Å². The normalized spacial score (nSPS) is 9.92. The van der Waals surface area contributed by atoms with Gasteiger partial charge < -0.3 is 11.1 Å². The van der Waals surface area contributed by atoms with Gasteiger partial charge in [-0.15, -0.1) is 10.2 Å². The molecule has 1 aromatic rings. The minimum absolute atomic E-state index is 0.458. The van der Waals surface area contributed by atoms with Crippen LogP contribution in [0.15, 0.2) is 12.1 Å². The van der Waals surface area contributed by atoms with Crippen LogP contribution in [0.1, 0.15) is 26.2 Å². The Kier molecular flexibility index (Phi) is 4.02. The summed E-state index contributed by atoms with van der Waals surface area (Å²) in [4.78, 5) is 0. The molecule has 0 saturated heterocycles. The fraction of sp³-hybridized carbons (Fsp3) is 0.556. The smallest absolute Gasteiger partial charge is 0.148 e. The molecule has 0 bridgehead atoms. The maximum atomic E-state index is 5.40. The van der Waals surface area contributed by atoms with Crippen molar-refractivity contribution in [1.82, 2.24) is 10.2 Å². The molecule has 0 amide bonds. The summed E-state index contributed by atoms with van der Waals surface area (Å²) in [6.07, 6.45) is 3.65. The Bertz CT molecular complexity index is 232. The Morgan fingerprint density at radius 1 is 1.31 bits per heavy atom. The Hall–Kier alpha value is -1.32. The van der Waals surface area contributed by atoms with E-state index in [2.05, 4.69) is 22.4 Å². The largest absolute Gasteiger partial charge is 0.382 e. The van der Waals surface area contributed by atoms with Crippen LogP contribution in [0.5, 0.6) is 0 Å². The number of nitrogens with zero attached hydrogens (tertiary/aromatic N) is 2. The van der Waals surface area contributed by atoms with Crippen LogP contribution in [0.3, 0.4) is 0 Å². The molecule has 0 saturated carbocycles. The molecular weight excluding hydrogens is 164 g/mol. The zero-order chi connectivity index (χ0) is 9.52. The highest BCUT2D eigenvalue weighted by Crippen LogP contribution is 2.03. The van der Waals surface area contributed by atoms with Crippen LogP contribution in [0, 0.1) is 0 Å². The minimum atomic E-state index is 0.458. The standard InChI is InChI=1S/C9H16N4/c1-2-3-4-7-11-9-6-5-8(10)12-13-9/h5-6H,2-4,7H2,1H3,(H2,10,12)(H,11,13). The summed E-state index contributed by atoms with van der Waals surface area (Å²) in [6.45, 7) is 3.13. The molecule has 13 heavy (non-hydrogen) atoms. The monoisotopic (exact) mass is 180 g/mol. The van der Waals surface area contributed by atoms with Crippen LogP contribution in [-0.4, -0.2) is 16.7 Å². The highest BCUT2D eigenvalue weighted by atomic mass is 15.2. The first-order valence-electron chi connectivity index (χ1n) is 4.66. The molecule has 0 fully saturated rings. The maximum Gasteiger partial charge on any atom is 0.148 e. The predicted octanol–water partition coefficient (Wildman–Crippen LogP) is 1.66. The third-order valence-corrected chi connectivity index (χ3v) is 1.77. The van der Waals surface area contributed by atoms with Gasteiger partial charge in [-0.05, 0) is 18.6 Å². The Morgan fingerprint density at radius 3 is 2.77 bits per heavy atom. The number of rotatable bonds is 5. The summed E-state index contributed by atoms with van der Waals surface area (Å²) in [6, 6.07) is 3.59. The molecule has 0 aliphatic carbocycles. The van der Waals surface area contributed by atoms with Gasteiger partial charge in [0.05, 0.1) is 0 Å². The molecule has 0 atom stereocenters. The van der Waals surface area contributed by atoms with E-state index in [0.29, 0.717) is 5.82 Å². The fourth-order valence-corrected chi connectivity index (χ4v) is 1.03. The Labute approximate surface area is 78.6 Å². The van der Waals surface area contributed by atoms with Gasteiger partial charge in [0.2, 0.25) is 0 Å². The number of nitrogen functional groups attached to an aromatic ring is 1. The molecule has 1 rings (SSSR count). The average Bonchev–Trinajstić information content (AvgIpc) is 2.15. The molecule has 0 aliphatic rings. The molecule has 1 heterocycles. The van der Waals surface area contributed by atoms with Gasteiger partial charge in [0.25, 0.3) is 0 Å². The van der Waals surface area contributed by atoms with Crippen molar-refractivity contribution in [2.24, 2.45) is 0 Å². The van der Waals surface area contributed by atoms with Crippen molar-refractivity contribution in [3.8, 4) is 0 Å². The molecule has 1 aromatic heterocycles. The van der Waals surface area contributed by atoms with Crippen molar-refractivity contribution in [2.45, 2.75) is 26.2 Å². The predicted molar refractivity (Wildman–Crippen MR) is 54.5 cm³/mol. The van der Waals surface area contributed by atoms with Gasteiger partial charge in [-0.25, -0.2) is 0 Å². The van der Waals surface area contributed by atoms with Gasteiger partial charge in [-0.1, -0.05) is 19.8 Å². The molecule has 0 radical (unpaired) electrons. The van der Waals surface area contributed by atoms with Crippen molar-refractivity contribution in [3.05, 3.63) is 12.1 Å². The van der Waals surface area contributed by atoms with Crippen molar-refractivity contribution in [2.75, 3.05) is 17.6 Å². The summed E-state index contributed by atoms with van der Waals surface area (Å²) in [5.41, 5.74) is 5.40. The van der Waals surface area contributed by atoms with Crippen LogP contribution < -0.4 is 11.1 Å². The van der Waals surface area contributed by atoms with Gasteiger partial charge in [-0.2, -0.15) is 0 Å². The zero-order valence-corrected chi connectivity index (χ0v) is 7.95. The van der Waals surface area contributed by atoms with Gasteiger partial charge >= 0.3 is 0 Å². The molecule has 0 unspecified atom stereocenters. The van der Waals surface area contributed by atoms with Crippen LogP contribution in [0.4, 0.5) is 11.6 Å². The van der Waals surface area contributed by atoms with Crippen molar-refractivity contribution in [1.29, 1.82) is 0 Å². The number of unbranched alkanes of at least 4 members (excludes halogenated alkanes) is 2. The molecule has 0 aliphatic heterocycles. The molecule has 0 spiro atoms. The third-order valence-electron chi connectivity index (χ3n) is 1.77. The lowest BCUT2D eigenvalue weighted by molar-refractivity contribution is 0.741. The number of hydrogen-bond acceptors (Lipinski definition) is 4. The van der Waals surface area contributed by atoms with E-state index in [1.54, 1.807) is 6.07 Å². The van der Waals surface area contributed by atoms with Crippen LogP contribution in [-0.2, 0) is 0 Å². The number of nitrogens with one attached hydrogen (secondary N) is 1. The van der Waals surface area contributed by atoms with E-state index >= 15 is 0 Å². The van der Waals surface area contributed by atoms with Crippen molar-refractivity contribution in [3.63, 3.8) is 0 Å². The highest BCUT2D eigenvalue weighted by molar-refractivity contribution is 5.38. The second-order valence-corrected chi connectivity index (χ2v) is 2.98. The minimum Gasteiger partial charge on any atom is -0.382 e. The SMILES string of the molecule is CCCCCNc1ccc(N)nn1. The Balaban J connectivity index is 2.25. The summed E-state index contributed by atoms with van der Waals surface area (Å²) in [7, 11) is 0. The second-order valence-electron chi connectivity index (χ2n) is 2.98. The van der Waals surface area contributed by atoms with E-state index in [1.807, 2.05) is 6.07 Å². The zero-order valence-electron chi connectivity index (χ0n) is 7.95. The van der Waals surface area contributed by atoms with Crippen LogP contribution in [0.2, 0.25) is 0 Å². The van der Waals surface area contributed by atoms with Crippen LogP contribution in [0.25, 0.3) is 0 Å². The maximum absolute atomic E-state index is 5.40.